The fraction of sp³-hybridized carbons (Fsp3) is 0.750. The number of nitrogens with zero attached hydrogens (tertiary/aromatic N) is 1. The fourth-order valence-electron chi connectivity index (χ4n) is 3.11. The van der Waals surface area contributed by atoms with Crippen molar-refractivity contribution in [1.29, 1.82) is 0 Å². The monoisotopic (exact) mass is 485 g/mol. The number of hydrogen-bond donors (Lipinski definition) is 0. The second kappa shape index (κ2) is 16.9. The van der Waals surface area contributed by atoms with Gasteiger partial charge in [0.15, 0.2) is 0 Å². The van der Waals surface area contributed by atoms with Gasteiger partial charge in [-0.2, -0.15) is 0 Å². The van der Waals surface area contributed by atoms with E-state index in [-0.39, 0.29) is 75.5 Å². The van der Waals surface area contributed by atoms with Gasteiger partial charge in [-0.15, -0.1) is 0 Å². The summed E-state index contributed by atoms with van der Waals surface area (Å²) in [5, 5.41) is 0. The fourth-order valence-corrected chi connectivity index (χ4v) is 3.11. The summed E-state index contributed by atoms with van der Waals surface area (Å²) in [6.07, 6.45) is -1.28. The van der Waals surface area contributed by atoms with Crippen LogP contribution in [0.15, 0.2) is 0 Å². The predicted molar refractivity (Wildman–Crippen MR) is 123 cm³/mol. The molecule has 34 heavy (non-hydrogen) atoms. The quantitative estimate of drug-likeness (QED) is 0.210. The summed E-state index contributed by atoms with van der Waals surface area (Å²) in [6, 6.07) is 0. The van der Waals surface area contributed by atoms with Gasteiger partial charge in [0.25, 0.3) is 0 Å². The van der Waals surface area contributed by atoms with Crippen LogP contribution in [0.4, 0.5) is 0 Å². The number of hydrogen-bond acceptors (Lipinski definition) is 10. The van der Waals surface area contributed by atoms with E-state index >= 15 is 0 Å². The van der Waals surface area contributed by atoms with Crippen LogP contribution in [0.3, 0.4) is 0 Å². The molecule has 0 aliphatic heterocycles. The van der Waals surface area contributed by atoms with Crippen molar-refractivity contribution >= 4 is 35.3 Å². The minimum Gasteiger partial charge on any atom is -0.461 e. The van der Waals surface area contributed by atoms with Gasteiger partial charge in [0.05, 0.1) is 19.3 Å². The Morgan fingerprint density at radius 1 is 0.500 bits per heavy atom. The summed E-state index contributed by atoms with van der Waals surface area (Å²) in [5.41, 5.74) is 0. The number of ether oxygens (including phenoxy) is 3. The molecule has 0 saturated heterocycles. The lowest BCUT2D eigenvalue weighted by molar-refractivity contribution is -0.153. The minimum absolute atomic E-state index is 0.00595. The van der Waals surface area contributed by atoms with E-state index < -0.39 is 36.2 Å². The molecule has 194 valence electrons. The zero-order valence-corrected chi connectivity index (χ0v) is 21.2. The van der Waals surface area contributed by atoms with Crippen molar-refractivity contribution in [3.05, 3.63) is 0 Å². The molecule has 0 aliphatic carbocycles. The van der Waals surface area contributed by atoms with Crippen molar-refractivity contribution in [2.24, 2.45) is 0 Å². The molecule has 0 aromatic carbocycles. The van der Waals surface area contributed by atoms with Gasteiger partial charge in [0.1, 0.15) is 35.7 Å². The minimum atomic E-state index is -0.527. The predicted octanol–water partition coefficient (Wildman–Crippen LogP) is 2.19. The highest BCUT2D eigenvalue weighted by Gasteiger charge is 2.22. The molecule has 10 nitrogen and oxygen atoms in total. The smallest absolute Gasteiger partial charge is 0.306 e. The van der Waals surface area contributed by atoms with Gasteiger partial charge < -0.3 is 28.6 Å². The van der Waals surface area contributed by atoms with Crippen LogP contribution < -0.4 is 0 Å². The maximum atomic E-state index is 11.9. The summed E-state index contributed by atoms with van der Waals surface area (Å²) < 4.78 is 16.1. The van der Waals surface area contributed by atoms with Crippen molar-refractivity contribution in [2.75, 3.05) is 19.6 Å². The Morgan fingerprint density at radius 3 is 0.941 bits per heavy atom. The first-order valence-electron chi connectivity index (χ1n) is 11.6. The summed E-state index contributed by atoms with van der Waals surface area (Å²) >= 11 is 0. The standard InChI is InChI=1S/C24H39NO9/c1-16(26)7-10-22(29)32-19(4)13-25(14-20(5)33-23(30)11-8-17(2)27)15-21(6)34-24(31)12-9-18(3)28/h19-21H,7-15H2,1-6H3. The number of rotatable bonds is 18. The SMILES string of the molecule is CC(=O)CCC(=O)OC(C)CN(CC(C)OC(=O)CCC(C)=O)CC(C)OC(=O)CCC(C)=O. The van der Waals surface area contributed by atoms with Gasteiger partial charge >= 0.3 is 17.9 Å². The van der Waals surface area contributed by atoms with E-state index in [9.17, 15) is 28.8 Å². The molecule has 0 aliphatic rings. The molecule has 0 bridgehead atoms. The molecule has 0 radical (unpaired) electrons. The van der Waals surface area contributed by atoms with E-state index in [0.29, 0.717) is 0 Å². The van der Waals surface area contributed by atoms with Crippen LogP contribution in [0.25, 0.3) is 0 Å². The largest absolute Gasteiger partial charge is 0.461 e. The molecular formula is C24H39NO9. The second-order valence-corrected chi connectivity index (χ2v) is 8.73. The van der Waals surface area contributed by atoms with Crippen LogP contribution in [0, 0.1) is 0 Å². The highest BCUT2D eigenvalue weighted by molar-refractivity contribution is 5.82. The number of ketones is 3. The van der Waals surface area contributed by atoms with Gasteiger partial charge in [-0.3, -0.25) is 19.3 Å². The third kappa shape index (κ3) is 17.9. The molecule has 0 heterocycles. The average Bonchev–Trinajstić information content (AvgIpc) is 2.68. The molecule has 0 aromatic heterocycles. The summed E-state index contributed by atoms with van der Waals surface area (Å²) in [4.78, 5) is 70.9. The Labute approximate surface area is 201 Å². The number of carbonyl (C=O) groups excluding carboxylic acids is 6. The van der Waals surface area contributed by atoms with Crippen molar-refractivity contribution in [3.8, 4) is 0 Å². The molecule has 0 aromatic rings. The van der Waals surface area contributed by atoms with Gasteiger partial charge in [-0.1, -0.05) is 0 Å². The first kappa shape index (κ1) is 31.4. The molecule has 0 N–H and O–H groups in total. The van der Waals surface area contributed by atoms with Crippen LogP contribution in [0.2, 0.25) is 0 Å². The van der Waals surface area contributed by atoms with E-state index in [2.05, 4.69) is 0 Å². The summed E-state index contributed by atoms with van der Waals surface area (Å²) in [7, 11) is 0. The zero-order valence-electron chi connectivity index (χ0n) is 21.2. The van der Waals surface area contributed by atoms with E-state index in [1.807, 2.05) is 4.90 Å². The lowest BCUT2D eigenvalue weighted by Gasteiger charge is -2.30. The maximum Gasteiger partial charge on any atom is 0.306 e. The van der Waals surface area contributed by atoms with Crippen LogP contribution in [0.5, 0.6) is 0 Å². The van der Waals surface area contributed by atoms with Crippen LogP contribution in [0.1, 0.15) is 80.1 Å². The molecule has 10 heteroatoms. The Kier molecular flexibility index (Phi) is 15.6. The van der Waals surface area contributed by atoms with E-state index in [1.165, 1.54) is 20.8 Å². The van der Waals surface area contributed by atoms with E-state index in [1.54, 1.807) is 20.8 Å². The van der Waals surface area contributed by atoms with Gasteiger partial charge in [-0.25, -0.2) is 0 Å². The highest BCUT2D eigenvalue weighted by Crippen LogP contribution is 2.08. The van der Waals surface area contributed by atoms with Crippen molar-refractivity contribution in [1.82, 2.24) is 4.90 Å². The topological polar surface area (TPSA) is 133 Å². The third-order valence-electron chi connectivity index (χ3n) is 4.59. The Morgan fingerprint density at radius 2 is 0.735 bits per heavy atom. The van der Waals surface area contributed by atoms with Gasteiger partial charge in [0.2, 0.25) is 0 Å². The molecule has 0 fully saturated rings. The molecule has 0 rings (SSSR count). The molecule has 3 atom stereocenters. The van der Waals surface area contributed by atoms with Gasteiger partial charge in [-0.05, 0) is 41.5 Å². The Hall–Kier alpha value is -2.62. The van der Waals surface area contributed by atoms with Crippen molar-refractivity contribution < 1.29 is 43.0 Å². The van der Waals surface area contributed by atoms with Gasteiger partial charge in [0, 0.05) is 38.9 Å². The van der Waals surface area contributed by atoms with Crippen LogP contribution >= 0.6 is 0 Å². The first-order chi connectivity index (χ1) is 15.8. The molecule has 3 unspecified atom stereocenters. The number of esters is 3. The zero-order chi connectivity index (χ0) is 26.3. The first-order valence-corrected chi connectivity index (χ1v) is 11.6. The summed E-state index contributed by atoms with van der Waals surface area (Å²) in [6.45, 7) is 10.1. The van der Waals surface area contributed by atoms with E-state index in [4.69, 9.17) is 14.2 Å². The molecule has 0 amide bonds. The lowest BCUT2D eigenvalue weighted by Crippen LogP contribution is -2.43. The maximum absolute atomic E-state index is 11.9. The summed E-state index contributed by atoms with van der Waals surface area (Å²) in [5.74, 6) is -1.79. The number of carbonyl (C=O) groups is 6. The molecule has 0 saturated carbocycles. The normalized spacial score (nSPS) is 13.5. The van der Waals surface area contributed by atoms with Crippen LogP contribution in [-0.2, 0) is 43.0 Å². The molecular weight excluding hydrogens is 446 g/mol. The average molecular weight is 486 g/mol. The van der Waals surface area contributed by atoms with Crippen molar-refractivity contribution in [2.45, 2.75) is 98.4 Å². The third-order valence-corrected chi connectivity index (χ3v) is 4.59. The van der Waals surface area contributed by atoms with E-state index in [0.717, 1.165) is 0 Å². The Bertz CT molecular complexity index is 624. The molecule has 0 spiro atoms. The van der Waals surface area contributed by atoms with Crippen molar-refractivity contribution in [3.63, 3.8) is 0 Å². The van der Waals surface area contributed by atoms with Crippen LogP contribution in [-0.4, -0.2) is 78.1 Å². The lowest BCUT2D eigenvalue weighted by atomic mass is 10.2. The number of Topliss-reactive ketones (excluding diaryl/α,β-unsaturated/α-hetero) is 3. The second-order valence-electron chi connectivity index (χ2n) is 8.73. The highest BCUT2D eigenvalue weighted by atomic mass is 16.6. The Balaban J connectivity index is 4.98.